The number of aliphatic imine (C=N–C) groups is 1. The molecule has 28 heavy (non-hydrogen) atoms. The molecule has 0 amide bonds. The van der Waals surface area contributed by atoms with Gasteiger partial charge in [0.25, 0.3) is 0 Å². The van der Waals surface area contributed by atoms with Crippen LogP contribution in [0.1, 0.15) is 6.92 Å². The van der Waals surface area contributed by atoms with Crippen LogP contribution < -0.4 is 15.1 Å². The predicted octanol–water partition coefficient (Wildman–Crippen LogP) is 2.32. The Morgan fingerprint density at radius 3 is 2.36 bits per heavy atom. The average molecular weight is 495 g/mol. The third kappa shape index (κ3) is 5.70. The summed E-state index contributed by atoms with van der Waals surface area (Å²) in [6.45, 7) is 6.65. The summed E-state index contributed by atoms with van der Waals surface area (Å²) in [7, 11) is 3.98. The smallest absolute Gasteiger partial charge is 0.225 e. The average Bonchev–Trinajstić information content (AvgIpc) is 2.75. The molecule has 0 aliphatic carbocycles. The van der Waals surface area contributed by atoms with E-state index in [1.165, 1.54) is 5.69 Å². The fourth-order valence-electron chi connectivity index (χ4n) is 3.20. The molecule has 2 aromatic rings. The van der Waals surface area contributed by atoms with Gasteiger partial charge in [-0.05, 0) is 25.1 Å². The first-order valence-electron chi connectivity index (χ1n) is 9.44. The van der Waals surface area contributed by atoms with E-state index in [0.29, 0.717) is 6.04 Å². The highest BCUT2D eigenvalue weighted by Crippen LogP contribution is 2.14. The van der Waals surface area contributed by atoms with E-state index in [9.17, 15) is 0 Å². The summed E-state index contributed by atoms with van der Waals surface area (Å²) in [5.41, 5.74) is 1.22. The third-order valence-electron chi connectivity index (χ3n) is 5.01. The molecule has 1 aliphatic rings. The molecule has 1 saturated heterocycles. The van der Waals surface area contributed by atoms with Gasteiger partial charge in [0.15, 0.2) is 5.96 Å². The highest BCUT2D eigenvalue weighted by molar-refractivity contribution is 14.0. The normalized spacial score (nSPS) is 15.6. The van der Waals surface area contributed by atoms with E-state index in [1.807, 2.05) is 19.2 Å². The largest absolute Gasteiger partial charge is 0.370 e. The second-order valence-corrected chi connectivity index (χ2v) is 6.75. The Balaban J connectivity index is 0.00000280. The highest BCUT2D eigenvalue weighted by atomic mass is 127. The van der Waals surface area contributed by atoms with Crippen molar-refractivity contribution in [2.24, 2.45) is 4.99 Å². The van der Waals surface area contributed by atoms with Crippen molar-refractivity contribution in [3.05, 3.63) is 48.8 Å². The van der Waals surface area contributed by atoms with E-state index in [0.717, 1.165) is 44.6 Å². The second-order valence-electron chi connectivity index (χ2n) is 6.75. The van der Waals surface area contributed by atoms with Gasteiger partial charge in [0.05, 0.1) is 0 Å². The molecule has 0 bridgehead atoms. The summed E-state index contributed by atoms with van der Waals surface area (Å²) >= 11 is 0. The Morgan fingerprint density at radius 1 is 1.11 bits per heavy atom. The number of nitrogens with one attached hydrogen (secondary N) is 1. The highest BCUT2D eigenvalue weighted by Gasteiger charge is 2.21. The van der Waals surface area contributed by atoms with Gasteiger partial charge >= 0.3 is 0 Å². The molecule has 0 radical (unpaired) electrons. The number of halogens is 1. The molecule has 1 N–H and O–H groups in total. The van der Waals surface area contributed by atoms with Crippen molar-refractivity contribution in [2.45, 2.75) is 13.0 Å². The van der Waals surface area contributed by atoms with E-state index in [2.05, 4.69) is 73.2 Å². The lowest BCUT2D eigenvalue weighted by Gasteiger charge is -2.37. The van der Waals surface area contributed by atoms with E-state index in [-0.39, 0.29) is 24.0 Å². The second kappa shape index (κ2) is 11.0. The van der Waals surface area contributed by atoms with Gasteiger partial charge in [-0.1, -0.05) is 18.2 Å². The maximum atomic E-state index is 4.48. The predicted molar refractivity (Wildman–Crippen MR) is 127 cm³/mol. The quantitative estimate of drug-likeness (QED) is 0.391. The fraction of sp³-hybridized carbons (Fsp3) is 0.450. The van der Waals surface area contributed by atoms with Crippen LogP contribution in [0.4, 0.5) is 11.6 Å². The van der Waals surface area contributed by atoms with Crippen LogP contribution in [0.5, 0.6) is 0 Å². The Kier molecular flexibility index (Phi) is 8.75. The van der Waals surface area contributed by atoms with E-state index in [1.54, 1.807) is 12.4 Å². The van der Waals surface area contributed by atoms with Gasteiger partial charge in [-0.2, -0.15) is 0 Å². The lowest BCUT2D eigenvalue weighted by Crippen LogP contribution is -2.54. The molecule has 1 fully saturated rings. The standard InChI is InChI=1S/C20H29N7.HI/c1-17(25(3)18-8-5-4-6-9-18)16-24-19(21-2)26-12-14-27(15-13-26)20-22-10-7-11-23-20;/h4-11,17H,12-16H2,1-3H3,(H,21,24);1H. The monoisotopic (exact) mass is 495 g/mol. The Morgan fingerprint density at radius 2 is 1.75 bits per heavy atom. The number of aromatic nitrogens is 2. The van der Waals surface area contributed by atoms with Crippen LogP contribution in [0.15, 0.2) is 53.8 Å². The lowest BCUT2D eigenvalue weighted by atomic mass is 10.2. The van der Waals surface area contributed by atoms with Crippen LogP contribution in [0, 0.1) is 0 Å². The van der Waals surface area contributed by atoms with Crippen molar-refractivity contribution in [3.8, 4) is 0 Å². The Labute approximate surface area is 184 Å². The molecule has 1 aromatic carbocycles. The molecular weight excluding hydrogens is 465 g/mol. The number of benzene rings is 1. The van der Waals surface area contributed by atoms with Gasteiger partial charge < -0.3 is 20.0 Å². The number of piperazine rings is 1. The third-order valence-corrected chi connectivity index (χ3v) is 5.01. The van der Waals surface area contributed by atoms with Crippen LogP contribution in [0.2, 0.25) is 0 Å². The van der Waals surface area contributed by atoms with Crippen LogP contribution in [0.25, 0.3) is 0 Å². The molecule has 8 heteroatoms. The van der Waals surface area contributed by atoms with Gasteiger partial charge in [0.1, 0.15) is 0 Å². The number of hydrogen-bond acceptors (Lipinski definition) is 5. The molecule has 1 aromatic heterocycles. The van der Waals surface area contributed by atoms with Gasteiger partial charge in [-0.3, -0.25) is 4.99 Å². The van der Waals surface area contributed by atoms with Crippen LogP contribution in [-0.4, -0.2) is 73.7 Å². The van der Waals surface area contributed by atoms with Crippen molar-refractivity contribution >= 4 is 41.6 Å². The van der Waals surface area contributed by atoms with E-state index < -0.39 is 0 Å². The molecule has 0 spiro atoms. The number of guanidine groups is 1. The van der Waals surface area contributed by atoms with Crippen molar-refractivity contribution in [3.63, 3.8) is 0 Å². The first-order valence-corrected chi connectivity index (χ1v) is 9.44. The minimum Gasteiger partial charge on any atom is -0.370 e. The molecule has 3 rings (SSSR count). The maximum Gasteiger partial charge on any atom is 0.225 e. The fourth-order valence-corrected chi connectivity index (χ4v) is 3.20. The van der Waals surface area contributed by atoms with Crippen LogP contribution >= 0.6 is 24.0 Å². The molecular formula is C20H30IN7. The summed E-state index contributed by atoms with van der Waals surface area (Å²) in [5.74, 6) is 1.76. The summed E-state index contributed by atoms with van der Waals surface area (Å²) in [6, 6.07) is 12.7. The molecule has 2 heterocycles. The Bertz CT molecular complexity index is 718. The number of likely N-dealkylation sites (N-methyl/N-ethyl adjacent to an activating group) is 1. The SMILES string of the molecule is CN=C(NCC(C)N(C)c1ccccc1)N1CCN(c2ncccn2)CC1.I. The topological polar surface area (TPSA) is 59.9 Å². The van der Waals surface area contributed by atoms with E-state index in [4.69, 9.17) is 0 Å². The first-order chi connectivity index (χ1) is 13.2. The van der Waals surface area contributed by atoms with Gasteiger partial charge in [-0.25, -0.2) is 9.97 Å². The summed E-state index contributed by atoms with van der Waals surface area (Å²) in [5, 5.41) is 3.53. The van der Waals surface area contributed by atoms with Crippen molar-refractivity contribution in [2.75, 3.05) is 56.6 Å². The number of nitrogens with zero attached hydrogens (tertiary/aromatic N) is 6. The molecule has 1 atom stereocenters. The summed E-state index contributed by atoms with van der Waals surface area (Å²) in [4.78, 5) is 20.0. The molecule has 7 nitrogen and oxygen atoms in total. The molecule has 1 unspecified atom stereocenters. The first kappa shape index (κ1) is 22.2. The van der Waals surface area contributed by atoms with Crippen molar-refractivity contribution in [1.82, 2.24) is 20.2 Å². The summed E-state index contributed by atoms with van der Waals surface area (Å²) in [6.07, 6.45) is 3.58. The van der Waals surface area contributed by atoms with Gasteiger partial charge in [0, 0.05) is 70.9 Å². The number of para-hydroxylation sites is 1. The maximum absolute atomic E-state index is 4.48. The zero-order chi connectivity index (χ0) is 19.1. The molecule has 152 valence electrons. The lowest BCUT2D eigenvalue weighted by molar-refractivity contribution is 0.369. The minimum absolute atomic E-state index is 0. The van der Waals surface area contributed by atoms with Gasteiger partial charge in [-0.15, -0.1) is 24.0 Å². The zero-order valence-electron chi connectivity index (χ0n) is 16.8. The summed E-state index contributed by atoms with van der Waals surface area (Å²) < 4.78 is 0. The molecule has 0 saturated carbocycles. The van der Waals surface area contributed by atoms with E-state index >= 15 is 0 Å². The number of hydrogen-bond donors (Lipinski definition) is 1. The van der Waals surface area contributed by atoms with Gasteiger partial charge in [0.2, 0.25) is 5.95 Å². The number of rotatable bonds is 5. The zero-order valence-corrected chi connectivity index (χ0v) is 19.2. The number of anilines is 2. The van der Waals surface area contributed by atoms with Crippen molar-refractivity contribution < 1.29 is 0 Å². The Hall–Kier alpha value is -2.10. The van der Waals surface area contributed by atoms with Crippen LogP contribution in [0.3, 0.4) is 0 Å². The van der Waals surface area contributed by atoms with Crippen molar-refractivity contribution in [1.29, 1.82) is 0 Å². The minimum atomic E-state index is 0. The van der Waals surface area contributed by atoms with Crippen LogP contribution in [-0.2, 0) is 0 Å². The molecule has 1 aliphatic heterocycles.